The number of anilines is 1. The van der Waals surface area contributed by atoms with Crippen LogP contribution in [-0.2, 0) is 24.3 Å². The minimum Gasteiger partial charge on any atom is -0.446 e. The highest BCUT2D eigenvalue weighted by Gasteiger charge is 2.27. The normalized spacial score (nSPS) is 11.7. The Bertz CT molecular complexity index is 1150. The van der Waals surface area contributed by atoms with Gasteiger partial charge < -0.3 is 15.4 Å². The van der Waals surface area contributed by atoms with Gasteiger partial charge in [0, 0.05) is 25.7 Å². The quantitative estimate of drug-likeness (QED) is 0.228. The van der Waals surface area contributed by atoms with Crippen LogP contribution in [0.5, 0.6) is 0 Å². The monoisotopic (exact) mass is 479 g/mol. The summed E-state index contributed by atoms with van der Waals surface area (Å²) in [4.78, 5) is 46.1. The lowest BCUT2D eigenvalue weighted by Crippen LogP contribution is -2.42. The topological polar surface area (TPSA) is 186 Å². The average Bonchev–Trinajstić information content (AvgIpc) is 2.81. The SMILES string of the molecule is CNC(=O)NC(=O)C(OC(=O)CNS(=O)(=O)c1ccc(NC)c([N+](=O)[O-])c1)c1ccccc1. The Morgan fingerprint density at radius 1 is 1.09 bits per heavy atom. The lowest BCUT2D eigenvalue weighted by Gasteiger charge is -2.17. The summed E-state index contributed by atoms with van der Waals surface area (Å²) < 4.78 is 32.0. The minimum atomic E-state index is -4.33. The van der Waals surface area contributed by atoms with Crippen LogP contribution < -0.4 is 20.7 Å². The number of ether oxygens (including phenoxy) is 1. The van der Waals surface area contributed by atoms with E-state index < -0.39 is 56.1 Å². The number of urea groups is 1. The number of benzene rings is 2. The molecule has 1 unspecified atom stereocenters. The van der Waals surface area contributed by atoms with Gasteiger partial charge in [-0.2, -0.15) is 4.72 Å². The summed E-state index contributed by atoms with van der Waals surface area (Å²) >= 11 is 0. The molecular weight excluding hydrogens is 458 g/mol. The molecule has 13 nitrogen and oxygen atoms in total. The first kappa shape index (κ1) is 25.2. The molecule has 0 aliphatic heterocycles. The largest absolute Gasteiger partial charge is 0.446 e. The van der Waals surface area contributed by atoms with E-state index in [4.69, 9.17) is 4.74 Å². The van der Waals surface area contributed by atoms with Crippen molar-refractivity contribution in [3.05, 3.63) is 64.2 Å². The smallest absolute Gasteiger partial charge is 0.322 e. The van der Waals surface area contributed by atoms with Gasteiger partial charge in [0.2, 0.25) is 16.1 Å². The summed E-state index contributed by atoms with van der Waals surface area (Å²) in [7, 11) is -1.60. The van der Waals surface area contributed by atoms with Crippen LogP contribution >= 0.6 is 0 Å². The van der Waals surface area contributed by atoms with E-state index in [1.165, 1.54) is 32.3 Å². The van der Waals surface area contributed by atoms with Crippen LogP contribution in [0.4, 0.5) is 16.2 Å². The molecule has 1 atom stereocenters. The van der Waals surface area contributed by atoms with Gasteiger partial charge in [0.15, 0.2) is 0 Å². The molecule has 2 aromatic rings. The van der Waals surface area contributed by atoms with Gasteiger partial charge in [0.1, 0.15) is 12.2 Å². The van der Waals surface area contributed by atoms with Gasteiger partial charge in [0.25, 0.3) is 11.6 Å². The maximum atomic E-state index is 12.5. The van der Waals surface area contributed by atoms with Crippen molar-refractivity contribution in [3.8, 4) is 0 Å². The van der Waals surface area contributed by atoms with Gasteiger partial charge in [-0.3, -0.25) is 25.0 Å². The molecule has 33 heavy (non-hydrogen) atoms. The van der Waals surface area contributed by atoms with E-state index in [-0.39, 0.29) is 11.3 Å². The number of nitrogens with one attached hydrogen (secondary N) is 4. The number of nitrogens with zero attached hydrogens (tertiary/aromatic N) is 1. The first-order chi connectivity index (χ1) is 15.6. The van der Waals surface area contributed by atoms with Crippen molar-refractivity contribution in [3.63, 3.8) is 0 Å². The number of hydrogen-bond donors (Lipinski definition) is 4. The molecule has 2 rings (SSSR count). The Morgan fingerprint density at radius 3 is 2.33 bits per heavy atom. The summed E-state index contributed by atoms with van der Waals surface area (Å²) in [5, 5.41) is 17.9. The molecule has 0 fully saturated rings. The van der Waals surface area contributed by atoms with Gasteiger partial charge in [-0.15, -0.1) is 0 Å². The van der Waals surface area contributed by atoms with E-state index in [2.05, 4.69) is 10.6 Å². The molecule has 0 saturated heterocycles. The van der Waals surface area contributed by atoms with E-state index in [9.17, 15) is 32.9 Å². The van der Waals surface area contributed by atoms with Gasteiger partial charge in [-0.1, -0.05) is 30.3 Å². The number of sulfonamides is 1. The summed E-state index contributed by atoms with van der Waals surface area (Å²) in [5.74, 6) is -2.07. The number of carbonyl (C=O) groups excluding carboxylic acids is 3. The van der Waals surface area contributed by atoms with Crippen molar-refractivity contribution in [1.82, 2.24) is 15.4 Å². The van der Waals surface area contributed by atoms with Crippen molar-refractivity contribution in [1.29, 1.82) is 0 Å². The van der Waals surface area contributed by atoms with Crippen molar-refractivity contribution >= 4 is 39.3 Å². The molecule has 14 heteroatoms. The number of nitro benzene ring substituents is 1. The van der Waals surface area contributed by atoms with Crippen LogP contribution in [0.2, 0.25) is 0 Å². The van der Waals surface area contributed by atoms with Gasteiger partial charge in [0.05, 0.1) is 9.82 Å². The second-order valence-corrected chi connectivity index (χ2v) is 8.13. The van der Waals surface area contributed by atoms with Crippen molar-refractivity contribution < 1.29 is 32.5 Å². The van der Waals surface area contributed by atoms with Crippen molar-refractivity contribution in [2.45, 2.75) is 11.0 Å². The third kappa shape index (κ3) is 6.72. The van der Waals surface area contributed by atoms with Crippen LogP contribution in [0, 0.1) is 10.1 Å². The van der Waals surface area contributed by atoms with Gasteiger partial charge >= 0.3 is 12.0 Å². The van der Waals surface area contributed by atoms with Crippen LogP contribution in [0.25, 0.3) is 0 Å². The summed E-state index contributed by atoms with van der Waals surface area (Å²) in [6, 6.07) is 10.1. The molecule has 0 radical (unpaired) electrons. The Hall–Kier alpha value is -4.04. The summed E-state index contributed by atoms with van der Waals surface area (Å²) in [5.41, 5.74) is -0.127. The molecule has 0 spiro atoms. The number of hydrogen-bond acceptors (Lipinski definition) is 9. The highest BCUT2D eigenvalue weighted by Crippen LogP contribution is 2.27. The Kier molecular flexibility index (Phi) is 8.42. The van der Waals surface area contributed by atoms with E-state index in [0.29, 0.717) is 0 Å². The molecular formula is C19H21N5O8S. The molecule has 0 saturated carbocycles. The highest BCUT2D eigenvalue weighted by molar-refractivity contribution is 7.89. The van der Waals surface area contributed by atoms with Crippen LogP contribution in [-0.4, -0.2) is 51.9 Å². The molecule has 0 aliphatic carbocycles. The molecule has 0 bridgehead atoms. The van der Waals surface area contributed by atoms with Crippen molar-refractivity contribution in [2.75, 3.05) is 26.0 Å². The molecule has 2 aromatic carbocycles. The maximum absolute atomic E-state index is 12.5. The van der Waals surface area contributed by atoms with Crippen LogP contribution in [0.3, 0.4) is 0 Å². The average molecular weight is 479 g/mol. The minimum absolute atomic E-state index is 0.103. The molecule has 3 amide bonds. The fourth-order valence-corrected chi connectivity index (χ4v) is 3.58. The zero-order valence-corrected chi connectivity index (χ0v) is 18.3. The Balaban J connectivity index is 2.15. The Morgan fingerprint density at radius 2 is 1.76 bits per heavy atom. The van der Waals surface area contributed by atoms with Crippen LogP contribution in [0.1, 0.15) is 11.7 Å². The predicted molar refractivity (Wildman–Crippen MR) is 116 cm³/mol. The fraction of sp³-hybridized carbons (Fsp3) is 0.211. The van der Waals surface area contributed by atoms with Crippen LogP contribution in [0.15, 0.2) is 53.4 Å². The first-order valence-corrected chi connectivity index (χ1v) is 10.8. The Labute approximate surface area is 188 Å². The zero-order chi connectivity index (χ0) is 24.6. The molecule has 176 valence electrons. The first-order valence-electron chi connectivity index (χ1n) is 9.32. The van der Waals surface area contributed by atoms with Crippen molar-refractivity contribution in [2.24, 2.45) is 0 Å². The number of amides is 3. The fourth-order valence-electron chi connectivity index (χ4n) is 2.59. The van der Waals surface area contributed by atoms with E-state index >= 15 is 0 Å². The summed E-state index contributed by atoms with van der Waals surface area (Å²) in [6.45, 7) is -0.875. The van der Waals surface area contributed by atoms with E-state index in [1.54, 1.807) is 18.2 Å². The number of imide groups is 1. The second kappa shape index (κ2) is 11.0. The highest BCUT2D eigenvalue weighted by atomic mass is 32.2. The predicted octanol–water partition coefficient (Wildman–Crippen LogP) is 0.655. The molecule has 0 aromatic heterocycles. The van der Waals surface area contributed by atoms with Gasteiger partial charge in [-0.25, -0.2) is 13.2 Å². The van der Waals surface area contributed by atoms with E-state index in [0.717, 1.165) is 12.1 Å². The summed E-state index contributed by atoms with van der Waals surface area (Å²) in [6.07, 6.45) is -1.53. The molecule has 0 aliphatic rings. The lowest BCUT2D eigenvalue weighted by atomic mass is 10.1. The third-order valence-corrected chi connectivity index (χ3v) is 5.60. The lowest BCUT2D eigenvalue weighted by molar-refractivity contribution is -0.384. The maximum Gasteiger partial charge on any atom is 0.322 e. The zero-order valence-electron chi connectivity index (χ0n) is 17.5. The molecule has 4 N–H and O–H groups in total. The number of esters is 1. The standard InChI is InChI=1S/C19H21N5O8S/c1-20-14-9-8-13(10-15(14)24(28)29)33(30,31)22-11-16(25)32-17(12-6-4-3-5-7-12)18(26)23-19(27)21-2/h3-10,17,20,22H,11H2,1-2H3,(H2,21,23,26,27). The number of nitro groups is 1. The van der Waals surface area contributed by atoms with Gasteiger partial charge in [-0.05, 0) is 12.1 Å². The van der Waals surface area contributed by atoms with E-state index in [1.807, 2.05) is 10.0 Å². The second-order valence-electron chi connectivity index (χ2n) is 6.36. The number of rotatable bonds is 9. The number of carbonyl (C=O) groups is 3. The third-order valence-electron chi connectivity index (χ3n) is 4.21. The molecule has 0 heterocycles.